The van der Waals surface area contributed by atoms with Crippen molar-refractivity contribution in [3.05, 3.63) is 144 Å². The molecule has 48 heavy (non-hydrogen) atoms. The average Bonchev–Trinajstić information content (AvgIpc) is 3.48. The molecule has 2 aliphatic rings. The smallest absolute Gasteiger partial charge is 0.163 e. The molecule has 0 spiro atoms. The fraction of sp³-hybridized carbons (Fsp3) is 0.415. The minimum Gasteiger partial charge on any atom is -0.374 e. The standard InChI is InChI=1S/C41H48O7/c1-41(2)46-29-35(48-41)23-24-36-38(43-26-32-17-9-4-10-18-32)40(45-28-34-21-13-6-14-22-34)39(44-27-33-19-11-5-12-20-33)37(47-36)30-42-25-31-15-7-3-8-16-31/h3-22,35-40H,23-30H2,1-2H3/t35-,36-,37+,38-,39-,40+/m0/s1. The summed E-state index contributed by atoms with van der Waals surface area (Å²) < 4.78 is 45.8. The second-order valence-corrected chi connectivity index (χ2v) is 13.0. The number of hydrogen-bond acceptors (Lipinski definition) is 7. The van der Waals surface area contributed by atoms with Gasteiger partial charge in [-0.15, -0.1) is 0 Å². The maximum absolute atomic E-state index is 6.97. The molecule has 0 unspecified atom stereocenters. The van der Waals surface area contributed by atoms with E-state index in [0.717, 1.165) is 28.7 Å². The van der Waals surface area contributed by atoms with Gasteiger partial charge in [0.25, 0.3) is 0 Å². The van der Waals surface area contributed by atoms with Crippen LogP contribution in [0.15, 0.2) is 121 Å². The van der Waals surface area contributed by atoms with Crippen LogP contribution in [0.25, 0.3) is 0 Å². The predicted octanol–water partition coefficient (Wildman–Crippen LogP) is 7.66. The highest BCUT2D eigenvalue weighted by molar-refractivity contribution is 5.16. The topological polar surface area (TPSA) is 64.6 Å². The van der Waals surface area contributed by atoms with Gasteiger partial charge in [0.1, 0.15) is 24.4 Å². The summed E-state index contributed by atoms with van der Waals surface area (Å²) in [5.41, 5.74) is 4.35. The van der Waals surface area contributed by atoms with E-state index in [1.807, 2.05) is 86.6 Å². The van der Waals surface area contributed by atoms with E-state index >= 15 is 0 Å². The summed E-state index contributed by atoms with van der Waals surface area (Å²) in [5.74, 6) is -0.590. The molecule has 0 bridgehead atoms. The molecule has 254 valence electrons. The highest BCUT2D eigenvalue weighted by atomic mass is 16.7. The molecule has 6 atom stereocenters. The zero-order valence-electron chi connectivity index (χ0n) is 28.0. The van der Waals surface area contributed by atoms with Crippen molar-refractivity contribution in [1.29, 1.82) is 0 Å². The molecule has 2 heterocycles. The maximum atomic E-state index is 6.97. The van der Waals surface area contributed by atoms with E-state index in [1.165, 1.54) is 0 Å². The molecule has 0 radical (unpaired) electrons. The third-order valence-electron chi connectivity index (χ3n) is 8.82. The molecule has 0 aromatic heterocycles. The number of ether oxygens (including phenoxy) is 7. The Labute approximate surface area is 285 Å². The summed E-state index contributed by atoms with van der Waals surface area (Å²) in [7, 11) is 0. The lowest BCUT2D eigenvalue weighted by Crippen LogP contribution is -2.61. The van der Waals surface area contributed by atoms with Crippen LogP contribution in [0.4, 0.5) is 0 Å². The molecule has 2 aliphatic heterocycles. The number of benzene rings is 4. The maximum Gasteiger partial charge on any atom is 0.163 e. The molecule has 2 saturated heterocycles. The molecule has 7 heteroatoms. The van der Waals surface area contributed by atoms with Gasteiger partial charge in [0.15, 0.2) is 5.79 Å². The van der Waals surface area contributed by atoms with Crippen LogP contribution in [-0.4, -0.2) is 55.6 Å². The summed E-state index contributed by atoms with van der Waals surface area (Å²) >= 11 is 0. The Kier molecular flexibility index (Phi) is 12.4. The lowest BCUT2D eigenvalue weighted by atomic mass is 9.91. The Hall–Kier alpha value is -3.40. The van der Waals surface area contributed by atoms with Crippen LogP contribution < -0.4 is 0 Å². The first kappa shape index (κ1) is 34.5. The second kappa shape index (κ2) is 17.3. The third-order valence-corrected chi connectivity index (χ3v) is 8.82. The van der Waals surface area contributed by atoms with E-state index < -0.39 is 30.2 Å². The van der Waals surface area contributed by atoms with E-state index in [-0.39, 0.29) is 12.2 Å². The molecule has 7 nitrogen and oxygen atoms in total. The molecule has 4 aromatic rings. The Morgan fingerprint density at radius 2 is 0.979 bits per heavy atom. The molecule has 6 rings (SSSR count). The highest BCUT2D eigenvalue weighted by Gasteiger charge is 2.48. The zero-order valence-corrected chi connectivity index (χ0v) is 28.0. The summed E-state index contributed by atoms with van der Waals surface area (Å²) in [6.45, 7) is 6.53. The van der Waals surface area contributed by atoms with Crippen molar-refractivity contribution in [2.24, 2.45) is 0 Å². The van der Waals surface area contributed by atoms with Gasteiger partial charge in [-0.25, -0.2) is 0 Å². The fourth-order valence-corrected chi connectivity index (χ4v) is 6.37. The van der Waals surface area contributed by atoms with Crippen molar-refractivity contribution in [2.75, 3.05) is 13.2 Å². The molecule has 0 saturated carbocycles. The minimum atomic E-state index is -0.590. The van der Waals surface area contributed by atoms with Crippen LogP contribution in [0, 0.1) is 0 Å². The van der Waals surface area contributed by atoms with Gasteiger partial charge in [-0.1, -0.05) is 121 Å². The van der Waals surface area contributed by atoms with E-state index in [9.17, 15) is 0 Å². The summed E-state index contributed by atoms with van der Waals surface area (Å²) in [5, 5.41) is 0. The predicted molar refractivity (Wildman–Crippen MR) is 184 cm³/mol. The van der Waals surface area contributed by atoms with Crippen LogP contribution >= 0.6 is 0 Å². The number of hydrogen-bond donors (Lipinski definition) is 0. The summed E-state index contributed by atoms with van der Waals surface area (Å²) in [6.07, 6.45) is -0.531. The SMILES string of the molecule is CC1(C)OC[C@H](CC[C@@H]2O[C@H](COCc3ccccc3)[C@H](OCc3ccccc3)[C@H](OCc3ccccc3)[C@H]2OCc2ccccc2)O1. The summed E-state index contributed by atoms with van der Waals surface area (Å²) in [4.78, 5) is 0. The van der Waals surface area contributed by atoms with Gasteiger partial charge in [0.05, 0.1) is 51.8 Å². The van der Waals surface area contributed by atoms with Crippen molar-refractivity contribution in [3.8, 4) is 0 Å². The largest absolute Gasteiger partial charge is 0.374 e. The zero-order chi connectivity index (χ0) is 33.0. The van der Waals surface area contributed by atoms with Crippen molar-refractivity contribution >= 4 is 0 Å². The van der Waals surface area contributed by atoms with Crippen LogP contribution in [0.5, 0.6) is 0 Å². The first-order chi connectivity index (χ1) is 23.5. The van der Waals surface area contributed by atoms with Crippen LogP contribution in [-0.2, 0) is 59.6 Å². The van der Waals surface area contributed by atoms with E-state index in [0.29, 0.717) is 46.1 Å². The van der Waals surface area contributed by atoms with E-state index in [2.05, 4.69) is 48.5 Å². The normalized spacial score (nSPS) is 25.2. The van der Waals surface area contributed by atoms with Gasteiger partial charge in [-0.3, -0.25) is 0 Å². The lowest BCUT2D eigenvalue weighted by Gasteiger charge is -2.46. The van der Waals surface area contributed by atoms with Gasteiger partial charge >= 0.3 is 0 Å². The van der Waals surface area contributed by atoms with Crippen LogP contribution in [0.3, 0.4) is 0 Å². The first-order valence-electron chi connectivity index (χ1n) is 17.1. The minimum absolute atomic E-state index is 0.0260. The Morgan fingerprint density at radius 1 is 0.542 bits per heavy atom. The van der Waals surface area contributed by atoms with Crippen molar-refractivity contribution < 1.29 is 33.2 Å². The number of rotatable bonds is 16. The van der Waals surface area contributed by atoms with Crippen LogP contribution in [0.2, 0.25) is 0 Å². The second-order valence-electron chi connectivity index (χ2n) is 13.0. The van der Waals surface area contributed by atoms with Crippen LogP contribution in [0.1, 0.15) is 48.9 Å². The average molecular weight is 653 g/mol. The highest BCUT2D eigenvalue weighted by Crippen LogP contribution is 2.34. The van der Waals surface area contributed by atoms with Gasteiger partial charge in [0.2, 0.25) is 0 Å². The van der Waals surface area contributed by atoms with Gasteiger partial charge in [0, 0.05) is 0 Å². The molecule has 0 amide bonds. The molecule has 2 fully saturated rings. The summed E-state index contributed by atoms with van der Waals surface area (Å²) in [6, 6.07) is 40.9. The van der Waals surface area contributed by atoms with Gasteiger partial charge < -0.3 is 33.2 Å². The van der Waals surface area contributed by atoms with E-state index in [1.54, 1.807) is 0 Å². The Morgan fingerprint density at radius 3 is 1.44 bits per heavy atom. The quantitative estimate of drug-likeness (QED) is 0.123. The van der Waals surface area contributed by atoms with Crippen molar-refractivity contribution in [2.45, 2.75) is 95.5 Å². The monoisotopic (exact) mass is 652 g/mol. The van der Waals surface area contributed by atoms with Crippen molar-refractivity contribution in [1.82, 2.24) is 0 Å². The molecule has 4 aromatic carbocycles. The molecular formula is C41H48O7. The molecule has 0 N–H and O–H groups in total. The Balaban J connectivity index is 1.28. The lowest BCUT2D eigenvalue weighted by molar-refractivity contribution is -0.274. The van der Waals surface area contributed by atoms with Gasteiger partial charge in [-0.05, 0) is 48.9 Å². The first-order valence-corrected chi connectivity index (χ1v) is 17.1. The van der Waals surface area contributed by atoms with Gasteiger partial charge in [-0.2, -0.15) is 0 Å². The Bertz CT molecular complexity index is 1470. The third kappa shape index (κ3) is 10.1. The molecule has 0 aliphatic carbocycles. The fourth-order valence-electron chi connectivity index (χ4n) is 6.37. The van der Waals surface area contributed by atoms with Crippen molar-refractivity contribution in [3.63, 3.8) is 0 Å². The molecular weight excluding hydrogens is 604 g/mol. The van der Waals surface area contributed by atoms with E-state index in [4.69, 9.17) is 33.2 Å².